The van der Waals surface area contributed by atoms with Crippen molar-refractivity contribution in [2.45, 2.75) is 23.8 Å². The molecular weight excluding hydrogens is 421 g/mol. The van der Waals surface area contributed by atoms with Gasteiger partial charge in [-0.1, -0.05) is 0 Å². The van der Waals surface area contributed by atoms with E-state index in [4.69, 9.17) is 4.74 Å². The molecule has 1 aromatic heterocycles. The number of alkyl halides is 2. The molecule has 0 spiro atoms. The zero-order chi connectivity index (χ0) is 21.5. The first-order chi connectivity index (χ1) is 14.2. The van der Waals surface area contributed by atoms with Crippen molar-refractivity contribution in [1.82, 2.24) is 14.5 Å². The maximum atomic E-state index is 13.6. The lowest BCUT2D eigenvalue weighted by Gasteiger charge is -2.12. The van der Waals surface area contributed by atoms with Gasteiger partial charge in [0.2, 0.25) is 10.0 Å². The smallest absolute Gasteiger partial charge is 0.266 e. The number of benzene rings is 2. The normalized spacial score (nSPS) is 17.2. The van der Waals surface area contributed by atoms with Crippen LogP contribution in [-0.4, -0.2) is 37.5 Å². The van der Waals surface area contributed by atoms with Gasteiger partial charge >= 0.3 is 0 Å². The van der Waals surface area contributed by atoms with Crippen molar-refractivity contribution in [3.8, 4) is 0 Å². The summed E-state index contributed by atoms with van der Waals surface area (Å²) < 4.78 is 74.3. The molecule has 1 aliphatic rings. The van der Waals surface area contributed by atoms with Gasteiger partial charge in [0.15, 0.2) is 5.82 Å². The van der Waals surface area contributed by atoms with Gasteiger partial charge in [-0.3, -0.25) is 4.68 Å². The molecule has 0 unspecified atom stereocenters. The van der Waals surface area contributed by atoms with Crippen LogP contribution in [-0.2, 0) is 21.8 Å². The number of nitrogens with one attached hydrogen (secondary N) is 2. The van der Waals surface area contributed by atoms with Crippen LogP contribution in [0.5, 0.6) is 0 Å². The summed E-state index contributed by atoms with van der Waals surface area (Å²) in [6, 6.07) is 7.51. The number of halogens is 3. The van der Waals surface area contributed by atoms with Crippen molar-refractivity contribution in [2.24, 2.45) is 7.05 Å². The Morgan fingerprint density at radius 2 is 2.03 bits per heavy atom. The predicted molar refractivity (Wildman–Crippen MR) is 105 cm³/mol. The van der Waals surface area contributed by atoms with Crippen LogP contribution in [0.1, 0.15) is 18.4 Å². The summed E-state index contributed by atoms with van der Waals surface area (Å²) in [6.07, 6.45) is -2.37. The molecule has 0 bridgehead atoms. The Morgan fingerprint density at radius 3 is 2.73 bits per heavy atom. The number of hydrogen-bond acceptors (Lipinski definition) is 5. The quantitative estimate of drug-likeness (QED) is 0.613. The Morgan fingerprint density at radius 1 is 1.23 bits per heavy atom. The number of nitrogens with zero attached hydrogens (tertiary/aromatic N) is 2. The molecule has 2 N–H and O–H groups in total. The largest absolute Gasteiger partial charge is 0.380 e. The first-order valence-electron chi connectivity index (χ1n) is 9.16. The van der Waals surface area contributed by atoms with Crippen molar-refractivity contribution < 1.29 is 26.3 Å². The summed E-state index contributed by atoms with van der Waals surface area (Å²) in [5.41, 5.74) is 0.115. The van der Waals surface area contributed by atoms with Crippen LogP contribution in [0.2, 0.25) is 0 Å². The fraction of sp³-hybridized carbons (Fsp3) is 0.316. The lowest BCUT2D eigenvalue weighted by atomic mass is 10.2. The maximum Gasteiger partial charge on any atom is 0.266 e. The SMILES string of the molecule is Cn1nc(Nc2ccc(F)c(C(F)F)c2)c2cc(S(=O)(=O)N[C@H]3CCOC3)ccc21. The molecule has 1 atom stereocenters. The number of aryl methyl sites for hydroxylation is 1. The summed E-state index contributed by atoms with van der Waals surface area (Å²) >= 11 is 0. The van der Waals surface area contributed by atoms with Crippen molar-refractivity contribution in [3.05, 3.63) is 47.8 Å². The summed E-state index contributed by atoms with van der Waals surface area (Å²) in [6.45, 7) is 0.819. The standard InChI is InChI=1S/C19H19F3N4O3S/c1-26-17-5-3-13(30(27,28)25-12-6-7-29-10-12)9-15(17)19(24-26)23-11-2-4-16(20)14(8-11)18(21)22/h2-5,8-9,12,18,25H,6-7,10H2,1H3,(H,23,24)/t12-/m0/s1. The van der Waals surface area contributed by atoms with Crippen molar-refractivity contribution >= 4 is 32.4 Å². The van der Waals surface area contributed by atoms with Crippen LogP contribution in [0.4, 0.5) is 24.7 Å². The topological polar surface area (TPSA) is 85.2 Å². The van der Waals surface area contributed by atoms with Gasteiger partial charge < -0.3 is 10.1 Å². The lowest BCUT2D eigenvalue weighted by Crippen LogP contribution is -2.34. The minimum Gasteiger partial charge on any atom is -0.380 e. The molecule has 7 nitrogen and oxygen atoms in total. The molecule has 1 saturated heterocycles. The van der Waals surface area contributed by atoms with Gasteiger partial charge in [-0.05, 0) is 42.8 Å². The van der Waals surface area contributed by atoms with Gasteiger partial charge in [0.25, 0.3) is 6.43 Å². The van der Waals surface area contributed by atoms with E-state index in [9.17, 15) is 21.6 Å². The van der Waals surface area contributed by atoms with E-state index in [1.54, 1.807) is 13.1 Å². The number of rotatable bonds is 6. The molecule has 0 amide bonds. The highest BCUT2D eigenvalue weighted by molar-refractivity contribution is 7.89. The molecule has 160 valence electrons. The van der Waals surface area contributed by atoms with Crippen LogP contribution >= 0.6 is 0 Å². The first kappa shape index (κ1) is 20.6. The number of anilines is 2. The van der Waals surface area contributed by atoms with Crippen LogP contribution < -0.4 is 10.0 Å². The second kappa shape index (κ2) is 7.89. The van der Waals surface area contributed by atoms with E-state index in [0.29, 0.717) is 30.5 Å². The fourth-order valence-electron chi connectivity index (χ4n) is 3.34. The average Bonchev–Trinajstić information content (AvgIpc) is 3.30. The molecule has 2 aromatic carbocycles. The minimum atomic E-state index is -3.78. The third-order valence-electron chi connectivity index (χ3n) is 4.88. The van der Waals surface area contributed by atoms with E-state index < -0.39 is 27.8 Å². The van der Waals surface area contributed by atoms with E-state index in [0.717, 1.165) is 12.1 Å². The number of sulfonamides is 1. The lowest BCUT2D eigenvalue weighted by molar-refractivity contribution is 0.146. The predicted octanol–water partition coefficient (Wildman–Crippen LogP) is 3.46. The third-order valence-corrected chi connectivity index (χ3v) is 6.40. The van der Waals surface area contributed by atoms with E-state index in [1.165, 1.54) is 22.9 Å². The zero-order valence-electron chi connectivity index (χ0n) is 15.9. The summed E-state index contributed by atoms with van der Waals surface area (Å²) in [5, 5.41) is 7.65. The Hall–Kier alpha value is -2.63. The summed E-state index contributed by atoms with van der Waals surface area (Å²) in [7, 11) is -2.11. The molecule has 2 heterocycles. The van der Waals surface area contributed by atoms with Crippen LogP contribution in [0.25, 0.3) is 10.9 Å². The molecule has 0 aliphatic carbocycles. The molecule has 1 aliphatic heterocycles. The van der Waals surface area contributed by atoms with Crippen molar-refractivity contribution in [2.75, 3.05) is 18.5 Å². The zero-order valence-corrected chi connectivity index (χ0v) is 16.7. The van der Waals surface area contributed by atoms with Gasteiger partial charge in [-0.25, -0.2) is 26.3 Å². The Labute approximate surface area is 170 Å². The number of ether oxygens (including phenoxy) is 1. The molecule has 3 aromatic rings. The molecule has 30 heavy (non-hydrogen) atoms. The first-order valence-corrected chi connectivity index (χ1v) is 10.6. The number of hydrogen-bond donors (Lipinski definition) is 2. The van der Waals surface area contributed by atoms with E-state index >= 15 is 0 Å². The monoisotopic (exact) mass is 440 g/mol. The maximum absolute atomic E-state index is 13.6. The third kappa shape index (κ3) is 4.00. The summed E-state index contributed by atoms with van der Waals surface area (Å²) in [5.74, 6) is -0.739. The summed E-state index contributed by atoms with van der Waals surface area (Å²) in [4.78, 5) is 0.0466. The molecule has 4 rings (SSSR count). The van der Waals surface area contributed by atoms with E-state index in [-0.39, 0.29) is 22.4 Å². The number of fused-ring (bicyclic) bond motifs is 1. The number of aromatic nitrogens is 2. The highest BCUT2D eigenvalue weighted by Crippen LogP contribution is 2.30. The Balaban J connectivity index is 1.69. The van der Waals surface area contributed by atoms with Gasteiger partial charge in [0.1, 0.15) is 5.82 Å². The minimum absolute atomic E-state index is 0.0466. The highest BCUT2D eigenvalue weighted by atomic mass is 32.2. The van der Waals surface area contributed by atoms with Gasteiger partial charge in [-0.2, -0.15) is 5.10 Å². The second-order valence-corrected chi connectivity index (χ2v) is 8.71. The average molecular weight is 440 g/mol. The van der Waals surface area contributed by atoms with Crippen molar-refractivity contribution in [1.29, 1.82) is 0 Å². The van der Waals surface area contributed by atoms with Crippen LogP contribution in [0.15, 0.2) is 41.3 Å². The van der Waals surface area contributed by atoms with Crippen LogP contribution in [0.3, 0.4) is 0 Å². The van der Waals surface area contributed by atoms with Gasteiger partial charge in [0, 0.05) is 30.8 Å². The van der Waals surface area contributed by atoms with E-state index in [2.05, 4.69) is 15.1 Å². The molecule has 1 fully saturated rings. The van der Waals surface area contributed by atoms with E-state index in [1.807, 2.05) is 0 Å². The Kier molecular flexibility index (Phi) is 5.43. The van der Waals surface area contributed by atoms with Crippen LogP contribution in [0, 0.1) is 5.82 Å². The molecule has 0 saturated carbocycles. The Bertz CT molecular complexity index is 1190. The van der Waals surface area contributed by atoms with Gasteiger partial charge in [0.05, 0.1) is 22.6 Å². The molecular formula is C19H19F3N4O3S. The second-order valence-electron chi connectivity index (χ2n) is 6.99. The van der Waals surface area contributed by atoms with Gasteiger partial charge in [-0.15, -0.1) is 0 Å². The molecule has 0 radical (unpaired) electrons. The highest BCUT2D eigenvalue weighted by Gasteiger charge is 2.24. The van der Waals surface area contributed by atoms with Crippen molar-refractivity contribution in [3.63, 3.8) is 0 Å². The molecule has 11 heteroatoms. The fourth-order valence-corrected chi connectivity index (χ4v) is 4.63.